The average Bonchev–Trinajstić information content (AvgIpc) is 2.91. The summed E-state index contributed by atoms with van der Waals surface area (Å²) in [7, 11) is 0. The van der Waals surface area contributed by atoms with Crippen molar-refractivity contribution >= 4 is 34.2 Å². The maximum absolute atomic E-state index is 13.7. The number of benzene rings is 4. The molecule has 0 saturated carbocycles. The summed E-state index contributed by atoms with van der Waals surface area (Å²) in [5, 5.41) is 5.48. The van der Waals surface area contributed by atoms with E-state index in [-0.39, 0.29) is 25.0 Å². The first-order chi connectivity index (χ1) is 17.5. The van der Waals surface area contributed by atoms with E-state index >= 15 is 0 Å². The lowest BCUT2D eigenvalue weighted by atomic mass is 10.0. The van der Waals surface area contributed by atoms with Crippen LogP contribution in [0.5, 0.6) is 5.75 Å². The van der Waals surface area contributed by atoms with Crippen molar-refractivity contribution in [2.75, 3.05) is 13.2 Å². The second-order valence-electron chi connectivity index (χ2n) is 8.51. The van der Waals surface area contributed by atoms with Gasteiger partial charge in [-0.15, -0.1) is 0 Å². The van der Waals surface area contributed by atoms with Crippen molar-refractivity contribution < 1.29 is 14.3 Å². The number of carbonyl (C=O) groups excluding carboxylic acids is 2. The summed E-state index contributed by atoms with van der Waals surface area (Å²) in [5.41, 5.74) is 1.85. The molecule has 4 aromatic rings. The van der Waals surface area contributed by atoms with Gasteiger partial charge in [-0.05, 0) is 41.6 Å². The number of ether oxygens (including phenoxy) is 1. The number of hydrogen-bond donors (Lipinski definition) is 1. The zero-order chi connectivity index (χ0) is 25.3. The highest BCUT2D eigenvalue weighted by atomic mass is 35.5. The van der Waals surface area contributed by atoms with Gasteiger partial charge < -0.3 is 15.0 Å². The van der Waals surface area contributed by atoms with Gasteiger partial charge in [0.1, 0.15) is 11.8 Å². The van der Waals surface area contributed by atoms with Crippen LogP contribution in [0.15, 0.2) is 97.1 Å². The summed E-state index contributed by atoms with van der Waals surface area (Å²) in [5.74, 6) is 0.157. The highest BCUT2D eigenvalue weighted by Gasteiger charge is 2.30. The maximum Gasteiger partial charge on any atom is 0.261 e. The van der Waals surface area contributed by atoms with Gasteiger partial charge in [0.2, 0.25) is 5.91 Å². The minimum atomic E-state index is -0.702. The quantitative estimate of drug-likeness (QED) is 0.306. The number of nitrogens with zero attached hydrogens (tertiary/aromatic N) is 1. The molecule has 0 spiro atoms. The molecule has 4 rings (SSSR count). The molecule has 0 heterocycles. The van der Waals surface area contributed by atoms with Crippen molar-refractivity contribution in [1.29, 1.82) is 0 Å². The molecule has 0 aliphatic rings. The largest absolute Gasteiger partial charge is 0.483 e. The third-order valence-corrected chi connectivity index (χ3v) is 6.24. The molecule has 0 aliphatic heterocycles. The Balaban J connectivity index is 1.62. The van der Waals surface area contributed by atoms with Gasteiger partial charge >= 0.3 is 0 Å². The first-order valence-electron chi connectivity index (χ1n) is 12.0. The summed E-state index contributed by atoms with van der Waals surface area (Å²) >= 11 is 6.07. The molecule has 0 aromatic heterocycles. The van der Waals surface area contributed by atoms with Crippen LogP contribution in [0.3, 0.4) is 0 Å². The average molecular weight is 501 g/mol. The number of fused-ring (bicyclic) bond motifs is 1. The van der Waals surface area contributed by atoms with Gasteiger partial charge in [0.15, 0.2) is 6.61 Å². The Morgan fingerprint density at radius 1 is 0.861 bits per heavy atom. The fourth-order valence-electron chi connectivity index (χ4n) is 4.18. The molecule has 6 heteroatoms. The number of nitrogens with one attached hydrogen (secondary N) is 1. The maximum atomic E-state index is 13.7. The van der Waals surface area contributed by atoms with Crippen molar-refractivity contribution in [3.63, 3.8) is 0 Å². The monoisotopic (exact) mass is 500 g/mol. The summed E-state index contributed by atoms with van der Waals surface area (Å²) in [4.78, 5) is 28.5. The van der Waals surface area contributed by atoms with Gasteiger partial charge in [-0.2, -0.15) is 0 Å². The van der Waals surface area contributed by atoms with E-state index in [1.54, 1.807) is 17.0 Å². The molecule has 5 nitrogen and oxygen atoms in total. The van der Waals surface area contributed by atoms with Gasteiger partial charge in [-0.3, -0.25) is 9.59 Å². The smallest absolute Gasteiger partial charge is 0.261 e. The lowest BCUT2D eigenvalue weighted by molar-refractivity contribution is -0.142. The molecular weight excluding hydrogens is 472 g/mol. The number of rotatable bonds is 10. The molecular formula is C30H29ClN2O3. The summed E-state index contributed by atoms with van der Waals surface area (Å²) in [6, 6.07) is 29.9. The summed E-state index contributed by atoms with van der Waals surface area (Å²) in [6.07, 6.45) is 0.389. The Hall–Kier alpha value is -3.83. The second-order valence-corrected chi connectivity index (χ2v) is 8.95. The highest BCUT2D eigenvalue weighted by molar-refractivity contribution is 6.30. The van der Waals surface area contributed by atoms with Crippen molar-refractivity contribution in [2.45, 2.75) is 25.9 Å². The SMILES string of the molecule is CCNC(=O)[C@H](Cc1ccccc1)N(Cc1ccc(Cl)cc1)C(=O)COc1cccc2ccccc12. The van der Waals surface area contributed by atoms with E-state index in [0.29, 0.717) is 23.7 Å². The molecule has 0 radical (unpaired) electrons. The fraction of sp³-hybridized carbons (Fsp3) is 0.200. The fourth-order valence-corrected chi connectivity index (χ4v) is 4.30. The lowest BCUT2D eigenvalue weighted by Crippen LogP contribution is -2.51. The Labute approximate surface area is 216 Å². The number of hydrogen-bond acceptors (Lipinski definition) is 3. The molecule has 36 heavy (non-hydrogen) atoms. The predicted molar refractivity (Wildman–Crippen MR) is 144 cm³/mol. The summed E-state index contributed by atoms with van der Waals surface area (Å²) < 4.78 is 6.01. The molecule has 1 atom stereocenters. The molecule has 0 bridgehead atoms. The van der Waals surface area contributed by atoms with E-state index < -0.39 is 6.04 Å². The number of halogens is 1. The molecule has 4 aromatic carbocycles. The number of carbonyl (C=O) groups is 2. The molecule has 184 valence electrons. The third kappa shape index (κ3) is 6.43. The van der Waals surface area contributed by atoms with Crippen LogP contribution >= 0.6 is 11.6 Å². The molecule has 0 fully saturated rings. The Bertz CT molecular complexity index is 1300. The second kappa shape index (κ2) is 12.2. The molecule has 0 unspecified atom stereocenters. The van der Waals surface area contributed by atoms with Crippen LogP contribution in [0.4, 0.5) is 0 Å². The van der Waals surface area contributed by atoms with Gasteiger partial charge in [0.05, 0.1) is 0 Å². The van der Waals surface area contributed by atoms with Crippen LogP contribution in [0.1, 0.15) is 18.1 Å². The molecule has 0 aliphatic carbocycles. The van der Waals surface area contributed by atoms with Crippen LogP contribution in [-0.2, 0) is 22.6 Å². The highest BCUT2D eigenvalue weighted by Crippen LogP contribution is 2.25. The minimum Gasteiger partial charge on any atom is -0.483 e. The van der Waals surface area contributed by atoms with Crippen molar-refractivity contribution in [2.24, 2.45) is 0 Å². The number of likely N-dealkylation sites (N-methyl/N-ethyl adjacent to an activating group) is 1. The standard InChI is InChI=1S/C30H29ClN2O3/c1-2-32-30(35)27(19-22-9-4-3-5-10-22)33(20-23-15-17-25(31)18-16-23)29(34)21-36-28-14-8-12-24-11-6-7-13-26(24)28/h3-18,27H,2,19-21H2,1H3,(H,32,35)/t27-/m0/s1. The zero-order valence-corrected chi connectivity index (χ0v) is 20.9. The Morgan fingerprint density at radius 2 is 1.56 bits per heavy atom. The first kappa shape index (κ1) is 25.3. The zero-order valence-electron chi connectivity index (χ0n) is 20.2. The minimum absolute atomic E-state index is 0.188. The van der Waals surface area contributed by atoms with Crippen LogP contribution in [0.2, 0.25) is 5.02 Å². The Morgan fingerprint density at radius 3 is 2.31 bits per heavy atom. The predicted octanol–water partition coefficient (Wildman–Crippen LogP) is 5.65. The summed E-state index contributed by atoms with van der Waals surface area (Å²) in [6.45, 7) is 2.40. The van der Waals surface area contributed by atoms with Gasteiger partial charge in [0.25, 0.3) is 5.91 Å². The first-order valence-corrected chi connectivity index (χ1v) is 12.4. The van der Waals surface area contributed by atoms with Crippen LogP contribution in [0, 0.1) is 0 Å². The van der Waals surface area contributed by atoms with Crippen molar-refractivity contribution in [1.82, 2.24) is 10.2 Å². The van der Waals surface area contributed by atoms with E-state index in [2.05, 4.69) is 5.32 Å². The Kier molecular flexibility index (Phi) is 8.58. The van der Waals surface area contributed by atoms with Gasteiger partial charge in [0, 0.05) is 29.9 Å². The van der Waals surface area contributed by atoms with Crippen LogP contribution in [-0.4, -0.2) is 35.9 Å². The van der Waals surface area contributed by atoms with Gasteiger partial charge in [-0.1, -0.05) is 90.5 Å². The molecule has 1 N–H and O–H groups in total. The normalized spacial score (nSPS) is 11.6. The van der Waals surface area contributed by atoms with Crippen LogP contribution < -0.4 is 10.1 Å². The van der Waals surface area contributed by atoms with Crippen molar-refractivity contribution in [3.8, 4) is 5.75 Å². The molecule has 2 amide bonds. The molecule has 0 saturated heterocycles. The topological polar surface area (TPSA) is 58.6 Å². The lowest BCUT2D eigenvalue weighted by Gasteiger charge is -2.31. The number of amides is 2. The van der Waals surface area contributed by atoms with E-state index in [0.717, 1.165) is 21.9 Å². The van der Waals surface area contributed by atoms with Gasteiger partial charge in [-0.25, -0.2) is 0 Å². The van der Waals surface area contributed by atoms with E-state index in [1.807, 2.05) is 91.9 Å². The van der Waals surface area contributed by atoms with Crippen LogP contribution in [0.25, 0.3) is 10.8 Å². The van der Waals surface area contributed by atoms with Crippen molar-refractivity contribution in [3.05, 3.63) is 113 Å². The van der Waals surface area contributed by atoms with E-state index in [1.165, 1.54) is 0 Å². The van der Waals surface area contributed by atoms with E-state index in [4.69, 9.17) is 16.3 Å². The van der Waals surface area contributed by atoms with E-state index in [9.17, 15) is 9.59 Å². The third-order valence-electron chi connectivity index (χ3n) is 5.99.